The van der Waals surface area contributed by atoms with Crippen molar-refractivity contribution in [1.82, 2.24) is 0 Å². The number of benzene rings is 1. The van der Waals surface area contributed by atoms with Crippen molar-refractivity contribution < 1.29 is 9.50 Å². The normalized spacial score (nSPS) is 12.0. The van der Waals surface area contributed by atoms with E-state index < -0.39 is 5.82 Å². The van der Waals surface area contributed by atoms with E-state index in [1.807, 2.05) is 0 Å². The minimum atomic E-state index is -0.508. The van der Waals surface area contributed by atoms with Crippen LogP contribution in [0, 0.1) is 5.82 Å². The second-order valence-corrected chi connectivity index (χ2v) is 2.53. The van der Waals surface area contributed by atoms with Gasteiger partial charge in [-0.05, 0) is 18.2 Å². The summed E-state index contributed by atoms with van der Waals surface area (Å²) >= 11 is 0. The minimum Gasteiger partial charge on any atom is -0.507 e. The molecule has 0 bridgehead atoms. The molecule has 0 aliphatic rings. The van der Waals surface area contributed by atoms with Crippen molar-refractivity contribution >= 4 is 12.6 Å². The van der Waals surface area contributed by atoms with E-state index in [9.17, 15) is 9.50 Å². The van der Waals surface area contributed by atoms with E-state index in [0.29, 0.717) is 0 Å². The third kappa shape index (κ3) is 2.67. The van der Waals surface area contributed by atoms with E-state index >= 15 is 0 Å². The molecule has 0 aliphatic carbocycles. The molecular weight excluding hydrogens is 199 g/mol. The van der Waals surface area contributed by atoms with Crippen molar-refractivity contribution in [2.24, 2.45) is 20.4 Å². The fourth-order valence-electron chi connectivity index (χ4n) is 0.977. The standard InChI is InChI=1S/C9H9FN4O/c1-11-13-9(14-12-2)7-5-6(10)3-4-8(7)15/h3-5,15H,1H2,2H3/b13-9-,14-12-. The van der Waals surface area contributed by atoms with E-state index in [1.54, 1.807) is 0 Å². The Bertz CT molecular complexity index is 428. The smallest absolute Gasteiger partial charge is 0.206 e. The van der Waals surface area contributed by atoms with Gasteiger partial charge in [0.05, 0.1) is 5.56 Å². The Morgan fingerprint density at radius 3 is 2.80 bits per heavy atom. The van der Waals surface area contributed by atoms with E-state index in [-0.39, 0.29) is 17.1 Å². The topological polar surface area (TPSA) is 69.7 Å². The monoisotopic (exact) mass is 208 g/mol. The van der Waals surface area contributed by atoms with Crippen LogP contribution >= 0.6 is 0 Å². The first-order chi connectivity index (χ1) is 7.19. The molecule has 15 heavy (non-hydrogen) atoms. The number of hydrogen-bond acceptors (Lipinski definition) is 4. The summed E-state index contributed by atoms with van der Waals surface area (Å²) in [4.78, 5) is 0. The van der Waals surface area contributed by atoms with Gasteiger partial charge >= 0.3 is 0 Å². The van der Waals surface area contributed by atoms with E-state index in [4.69, 9.17) is 0 Å². The molecule has 0 aliphatic heterocycles. The maximum Gasteiger partial charge on any atom is 0.206 e. The Kier molecular flexibility index (Phi) is 3.61. The van der Waals surface area contributed by atoms with Gasteiger partial charge in [0.25, 0.3) is 0 Å². The second-order valence-electron chi connectivity index (χ2n) is 2.53. The van der Waals surface area contributed by atoms with Crippen molar-refractivity contribution in [1.29, 1.82) is 0 Å². The molecular formula is C9H9FN4O. The zero-order chi connectivity index (χ0) is 11.3. The number of amidine groups is 1. The average molecular weight is 208 g/mol. The van der Waals surface area contributed by atoms with Gasteiger partial charge < -0.3 is 5.11 Å². The summed E-state index contributed by atoms with van der Waals surface area (Å²) < 4.78 is 12.9. The van der Waals surface area contributed by atoms with Crippen LogP contribution in [-0.2, 0) is 0 Å². The Hall–Kier alpha value is -2.11. The Labute approximate surface area is 85.7 Å². The SMILES string of the molecule is C=N/N=C(\N=N/C)c1cc(F)ccc1O. The molecule has 0 aromatic heterocycles. The number of hydrogen-bond donors (Lipinski definition) is 1. The first-order valence-corrected chi connectivity index (χ1v) is 4.01. The number of nitrogens with zero attached hydrogens (tertiary/aromatic N) is 4. The predicted octanol–water partition coefficient (Wildman–Crippen LogP) is 1.98. The van der Waals surface area contributed by atoms with Gasteiger partial charge in [-0.25, -0.2) is 4.39 Å². The van der Waals surface area contributed by atoms with E-state index in [0.717, 1.165) is 12.1 Å². The molecule has 1 aromatic carbocycles. The average Bonchev–Trinajstić information content (AvgIpc) is 2.21. The highest BCUT2D eigenvalue weighted by Crippen LogP contribution is 2.19. The van der Waals surface area contributed by atoms with Crippen LogP contribution in [0.5, 0.6) is 5.75 Å². The lowest BCUT2D eigenvalue weighted by atomic mass is 10.2. The van der Waals surface area contributed by atoms with E-state index in [2.05, 4.69) is 27.1 Å². The fraction of sp³-hybridized carbons (Fsp3) is 0.111. The Balaban J connectivity index is 3.27. The van der Waals surface area contributed by atoms with Crippen LogP contribution in [0.4, 0.5) is 4.39 Å². The van der Waals surface area contributed by atoms with Crippen LogP contribution in [0.2, 0.25) is 0 Å². The summed E-state index contributed by atoms with van der Waals surface area (Å²) in [6, 6.07) is 3.42. The molecule has 0 unspecified atom stereocenters. The first-order valence-electron chi connectivity index (χ1n) is 4.01. The Morgan fingerprint density at radius 2 is 2.20 bits per heavy atom. The second kappa shape index (κ2) is 4.94. The summed E-state index contributed by atoms with van der Waals surface area (Å²) in [6.07, 6.45) is 0. The van der Waals surface area contributed by atoms with Crippen molar-refractivity contribution in [2.75, 3.05) is 7.05 Å². The molecule has 6 heteroatoms. The highest BCUT2D eigenvalue weighted by molar-refractivity contribution is 6.01. The molecule has 0 radical (unpaired) electrons. The van der Waals surface area contributed by atoms with Crippen LogP contribution in [0.1, 0.15) is 5.56 Å². The van der Waals surface area contributed by atoms with Crippen molar-refractivity contribution in [3.63, 3.8) is 0 Å². The minimum absolute atomic E-state index is 0.00417. The van der Waals surface area contributed by atoms with Gasteiger partial charge in [-0.1, -0.05) is 0 Å². The quantitative estimate of drug-likeness (QED) is 0.343. The predicted molar refractivity (Wildman–Crippen MR) is 54.9 cm³/mol. The van der Waals surface area contributed by atoms with Crippen LogP contribution < -0.4 is 0 Å². The van der Waals surface area contributed by atoms with E-state index in [1.165, 1.54) is 13.1 Å². The molecule has 0 saturated heterocycles. The van der Waals surface area contributed by atoms with Gasteiger partial charge in [0, 0.05) is 13.8 Å². The van der Waals surface area contributed by atoms with Gasteiger partial charge in [0.15, 0.2) is 0 Å². The number of phenolic OH excluding ortho intramolecular Hbond substituents is 1. The lowest BCUT2D eigenvalue weighted by molar-refractivity contribution is 0.471. The summed E-state index contributed by atoms with van der Waals surface area (Å²) in [5, 5.41) is 23.3. The highest BCUT2D eigenvalue weighted by atomic mass is 19.1. The van der Waals surface area contributed by atoms with Crippen LogP contribution in [-0.4, -0.2) is 24.7 Å². The third-order valence-electron chi connectivity index (χ3n) is 1.56. The number of phenols is 1. The first kappa shape index (κ1) is 11.0. The molecule has 0 spiro atoms. The van der Waals surface area contributed by atoms with Crippen LogP contribution in [0.15, 0.2) is 38.6 Å². The molecule has 0 atom stereocenters. The maximum absolute atomic E-state index is 12.9. The molecule has 5 nitrogen and oxygen atoms in total. The fourth-order valence-corrected chi connectivity index (χ4v) is 0.977. The third-order valence-corrected chi connectivity index (χ3v) is 1.56. The molecule has 1 rings (SSSR count). The van der Waals surface area contributed by atoms with Crippen LogP contribution in [0.25, 0.3) is 0 Å². The molecule has 78 valence electrons. The number of halogens is 1. The zero-order valence-corrected chi connectivity index (χ0v) is 8.05. The summed E-state index contributed by atoms with van der Waals surface area (Å²) in [5.41, 5.74) is 0.119. The van der Waals surface area contributed by atoms with Crippen molar-refractivity contribution in [2.45, 2.75) is 0 Å². The van der Waals surface area contributed by atoms with Gasteiger partial charge in [-0.3, -0.25) is 0 Å². The lowest BCUT2D eigenvalue weighted by Crippen LogP contribution is -1.97. The largest absolute Gasteiger partial charge is 0.507 e. The number of aromatic hydroxyl groups is 1. The van der Waals surface area contributed by atoms with Crippen molar-refractivity contribution in [3.8, 4) is 5.75 Å². The summed E-state index contributed by atoms with van der Waals surface area (Å²) in [5.74, 6) is -0.651. The molecule has 0 saturated carbocycles. The zero-order valence-electron chi connectivity index (χ0n) is 8.05. The van der Waals surface area contributed by atoms with Gasteiger partial charge in [0.1, 0.15) is 11.6 Å². The molecule has 0 amide bonds. The molecule has 1 N–H and O–H groups in total. The summed E-state index contributed by atoms with van der Waals surface area (Å²) in [7, 11) is 1.43. The van der Waals surface area contributed by atoms with Crippen LogP contribution in [0.3, 0.4) is 0 Å². The lowest BCUT2D eigenvalue weighted by Gasteiger charge is -2.01. The van der Waals surface area contributed by atoms with Gasteiger partial charge in [-0.15, -0.1) is 10.2 Å². The summed E-state index contributed by atoms with van der Waals surface area (Å²) in [6.45, 7) is 3.15. The number of rotatable bonds is 2. The molecule has 0 fully saturated rings. The Morgan fingerprint density at radius 1 is 1.47 bits per heavy atom. The van der Waals surface area contributed by atoms with Crippen molar-refractivity contribution in [3.05, 3.63) is 29.6 Å². The maximum atomic E-state index is 12.9. The van der Waals surface area contributed by atoms with Gasteiger partial charge in [0.2, 0.25) is 5.84 Å². The molecule has 0 heterocycles. The van der Waals surface area contributed by atoms with Gasteiger partial charge in [-0.2, -0.15) is 10.2 Å². The number of azo groups is 1. The molecule has 1 aromatic rings. The highest BCUT2D eigenvalue weighted by Gasteiger charge is 2.09.